The predicted molar refractivity (Wildman–Crippen MR) is 100 cm³/mol. The normalized spacial score (nSPS) is 18.7. The first-order valence-electron chi connectivity index (χ1n) is 8.70. The molecule has 0 saturated heterocycles. The van der Waals surface area contributed by atoms with E-state index < -0.39 is 10.0 Å². The number of carbonyl (C=O) groups is 1. The Labute approximate surface area is 151 Å². The summed E-state index contributed by atoms with van der Waals surface area (Å²) in [5, 5.41) is 0. The van der Waals surface area contributed by atoms with Crippen molar-refractivity contribution in [3.63, 3.8) is 0 Å². The summed E-state index contributed by atoms with van der Waals surface area (Å²) in [7, 11) is -1.98. The van der Waals surface area contributed by atoms with Crippen molar-refractivity contribution < 1.29 is 13.2 Å². The van der Waals surface area contributed by atoms with Crippen LogP contribution >= 0.6 is 0 Å². The molecule has 2 N–H and O–H groups in total. The smallest absolute Gasteiger partial charge is 0.242 e. The molecule has 0 aromatic heterocycles. The van der Waals surface area contributed by atoms with E-state index in [0.717, 1.165) is 11.3 Å². The second kappa shape index (κ2) is 7.43. The Morgan fingerprint density at radius 2 is 2.04 bits per heavy atom. The molecule has 140 valence electrons. The van der Waals surface area contributed by atoms with Crippen LogP contribution in [0.15, 0.2) is 23.1 Å². The van der Waals surface area contributed by atoms with Gasteiger partial charge in [-0.1, -0.05) is 13.8 Å². The highest BCUT2D eigenvalue weighted by Crippen LogP contribution is 2.34. The van der Waals surface area contributed by atoms with Crippen molar-refractivity contribution in [3.8, 4) is 0 Å². The van der Waals surface area contributed by atoms with Gasteiger partial charge in [-0.25, -0.2) is 12.7 Å². The van der Waals surface area contributed by atoms with E-state index in [2.05, 4.69) is 0 Å². The fraction of sp³-hybridized carbons (Fsp3) is 0.611. The number of hydrogen-bond acceptors (Lipinski definition) is 4. The molecule has 0 spiro atoms. The SMILES string of the molecule is CC(=O)N1c2ccc(S(=O)(=O)N(C)CCC(N)C(C)C)cc2CC1C. The van der Waals surface area contributed by atoms with Gasteiger partial charge < -0.3 is 10.6 Å². The van der Waals surface area contributed by atoms with Crippen LogP contribution in [0.5, 0.6) is 0 Å². The lowest BCUT2D eigenvalue weighted by Crippen LogP contribution is -2.34. The first-order chi connectivity index (χ1) is 11.6. The van der Waals surface area contributed by atoms with E-state index in [1.165, 1.54) is 11.2 Å². The molecule has 25 heavy (non-hydrogen) atoms. The maximum atomic E-state index is 12.8. The van der Waals surface area contributed by atoms with Crippen molar-refractivity contribution >= 4 is 21.6 Å². The Morgan fingerprint density at radius 3 is 2.60 bits per heavy atom. The molecule has 0 fully saturated rings. The molecule has 0 aliphatic carbocycles. The van der Waals surface area contributed by atoms with Crippen molar-refractivity contribution in [2.45, 2.75) is 57.5 Å². The number of amides is 1. The third kappa shape index (κ3) is 4.04. The van der Waals surface area contributed by atoms with Crippen molar-refractivity contribution in [1.29, 1.82) is 0 Å². The number of nitrogens with two attached hydrogens (primary N) is 1. The summed E-state index contributed by atoms with van der Waals surface area (Å²) in [6, 6.07) is 5.04. The highest BCUT2D eigenvalue weighted by atomic mass is 32.2. The van der Waals surface area contributed by atoms with E-state index in [-0.39, 0.29) is 22.9 Å². The number of nitrogens with zero attached hydrogens (tertiary/aromatic N) is 2. The highest BCUT2D eigenvalue weighted by molar-refractivity contribution is 7.89. The molecular weight excluding hydrogens is 338 g/mol. The molecule has 0 bridgehead atoms. The van der Waals surface area contributed by atoms with Crippen LogP contribution in [0.4, 0.5) is 5.69 Å². The van der Waals surface area contributed by atoms with Gasteiger partial charge in [0.1, 0.15) is 0 Å². The average Bonchev–Trinajstić information content (AvgIpc) is 2.86. The molecule has 1 aromatic rings. The Morgan fingerprint density at radius 1 is 1.40 bits per heavy atom. The molecule has 7 heteroatoms. The number of sulfonamides is 1. The molecule has 1 heterocycles. The monoisotopic (exact) mass is 367 g/mol. The number of carbonyl (C=O) groups excluding carboxylic acids is 1. The topological polar surface area (TPSA) is 83.7 Å². The second-order valence-electron chi connectivity index (χ2n) is 7.26. The largest absolute Gasteiger partial charge is 0.327 e. The summed E-state index contributed by atoms with van der Waals surface area (Å²) in [4.78, 5) is 13.8. The maximum Gasteiger partial charge on any atom is 0.242 e. The third-order valence-electron chi connectivity index (χ3n) is 4.95. The van der Waals surface area contributed by atoms with Crippen LogP contribution in [0, 0.1) is 5.92 Å². The van der Waals surface area contributed by atoms with E-state index in [0.29, 0.717) is 25.3 Å². The van der Waals surface area contributed by atoms with Crippen molar-refractivity contribution in [2.24, 2.45) is 11.7 Å². The molecule has 1 aromatic carbocycles. The summed E-state index contributed by atoms with van der Waals surface area (Å²) < 4.78 is 27.0. The summed E-state index contributed by atoms with van der Waals surface area (Å²) in [5.41, 5.74) is 7.73. The summed E-state index contributed by atoms with van der Waals surface area (Å²) in [6.45, 7) is 7.94. The minimum Gasteiger partial charge on any atom is -0.327 e. The van der Waals surface area contributed by atoms with Gasteiger partial charge >= 0.3 is 0 Å². The molecule has 0 radical (unpaired) electrons. The number of anilines is 1. The van der Waals surface area contributed by atoms with Crippen molar-refractivity contribution in [1.82, 2.24) is 4.31 Å². The molecule has 1 amide bonds. The Kier molecular flexibility index (Phi) is 5.91. The van der Waals surface area contributed by atoms with Gasteiger partial charge in [0, 0.05) is 38.3 Å². The van der Waals surface area contributed by atoms with Crippen LogP contribution in [0.25, 0.3) is 0 Å². The van der Waals surface area contributed by atoms with E-state index in [9.17, 15) is 13.2 Å². The Bertz CT molecular complexity index is 746. The Hall–Kier alpha value is -1.44. The molecule has 1 aliphatic rings. The number of fused-ring (bicyclic) bond motifs is 1. The van der Waals surface area contributed by atoms with Crippen LogP contribution < -0.4 is 10.6 Å². The van der Waals surface area contributed by atoms with Crippen molar-refractivity contribution in [3.05, 3.63) is 23.8 Å². The highest BCUT2D eigenvalue weighted by Gasteiger charge is 2.31. The fourth-order valence-electron chi connectivity index (χ4n) is 3.21. The maximum absolute atomic E-state index is 12.8. The van der Waals surface area contributed by atoms with Gasteiger partial charge in [0.2, 0.25) is 15.9 Å². The fourth-order valence-corrected chi connectivity index (χ4v) is 4.45. The first-order valence-corrected chi connectivity index (χ1v) is 10.1. The molecular formula is C18H29N3O3S. The van der Waals surface area contributed by atoms with E-state index in [1.807, 2.05) is 20.8 Å². The lowest BCUT2D eigenvalue weighted by atomic mass is 10.0. The van der Waals surface area contributed by atoms with Crippen LogP contribution in [0.2, 0.25) is 0 Å². The average molecular weight is 368 g/mol. The minimum absolute atomic E-state index is 0.0253. The van der Waals surface area contributed by atoms with Gasteiger partial charge in [0.15, 0.2) is 0 Å². The van der Waals surface area contributed by atoms with Gasteiger partial charge in [0.25, 0.3) is 0 Å². The van der Waals surface area contributed by atoms with Crippen LogP contribution in [0.3, 0.4) is 0 Å². The number of rotatable bonds is 6. The lowest BCUT2D eigenvalue weighted by Gasteiger charge is -2.22. The second-order valence-corrected chi connectivity index (χ2v) is 9.30. The van der Waals surface area contributed by atoms with Crippen molar-refractivity contribution in [2.75, 3.05) is 18.5 Å². The molecule has 2 unspecified atom stereocenters. The van der Waals surface area contributed by atoms with Crippen LogP contribution in [-0.4, -0.2) is 44.3 Å². The van der Waals surface area contributed by atoms with Crippen LogP contribution in [0.1, 0.15) is 39.7 Å². The van der Waals surface area contributed by atoms with Gasteiger partial charge in [-0.15, -0.1) is 0 Å². The zero-order chi connectivity index (χ0) is 18.9. The predicted octanol–water partition coefficient (Wildman–Crippen LogP) is 1.98. The van der Waals surface area contributed by atoms with Gasteiger partial charge in [-0.05, 0) is 49.4 Å². The Balaban J connectivity index is 2.21. The van der Waals surface area contributed by atoms with Gasteiger partial charge in [-0.2, -0.15) is 0 Å². The third-order valence-corrected chi connectivity index (χ3v) is 6.80. The zero-order valence-corrected chi connectivity index (χ0v) is 16.5. The molecule has 2 atom stereocenters. The molecule has 2 rings (SSSR count). The van der Waals surface area contributed by atoms with Gasteiger partial charge in [-0.3, -0.25) is 4.79 Å². The summed E-state index contributed by atoms with van der Waals surface area (Å²) in [5.74, 6) is 0.289. The number of hydrogen-bond donors (Lipinski definition) is 1. The molecule has 1 aliphatic heterocycles. The number of benzene rings is 1. The summed E-state index contributed by atoms with van der Waals surface area (Å²) >= 11 is 0. The molecule has 6 nitrogen and oxygen atoms in total. The van der Waals surface area contributed by atoms with E-state index in [1.54, 1.807) is 30.1 Å². The zero-order valence-electron chi connectivity index (χ0n) is 15.7. The lowest BCUT2D eigenvalue weighted by molar-refractivity contribution is -0.116. The van der Waals surface area contributed by atoms with E-state index in [4.69, 9.17) is 5.73 Å². The molecule has 0 saturated carbocycles. The van der Waals surface area contributed by atoms with Gasteiger partial charge in [0.05, 0.1) is 4.90 Å². The quantitative estimate of drug-likeness (QED) is 0.833. The van der Waals surface area contributed by atoms with Crippen LogP contribution in [-0.2, 0) is 21.2 Å². The summed E-state index contributed by atoms with van der Waals surface area (Å²) in [6.07, 6.45) is 1.29. The first kappa shape index (κ1) is 19.9. The minimum atomic E-state index is -3.56. The standard InChI is InChI=1S/C18H29N3O3S/c1-12(2)17(19)8-9-20(5)25(23,24)16-6-7-18-15(11-16)10-13(3)21(18)14(4)22/h6-7,11-13,17H,8-10,19H2,1-5H3. The van der Waals surface area contributed by atoms with E-state index >= 15 is 0 Å².